The fourth-order valence-corrected chi connectivity index (χ4v) is 3.24. The zero-order valence-corrected chi connectivity index (χ0v) is 12.3. The largest absolute Gasteiger partial charge is 0.393 e. The van der Waals surface area contributed by atoms with E-state index in [-0.39, 0.29) is 12.1 Å². The maximum absolute atomic E-state index is 10.0. The lowest BCUT2D eigenvalue weighted by Gasteiger charge is -2.23. The molecule has 2 aromatic rings. The Balaban J connectivity index is 1.76. The predicted molar refractivity (Wildman–Crippen MR) is 86.1 cm³/mol. The summed E-state index contributed by atoms with van der Waals surface area (Å²) in [4.78, 5) is 0. The van der Waals surface area contributed by atoms with E-state index >= 15 is 0 Å². The quantitative estimate of drug-likeness (QED) is 0.879. The van der Waals surface area contributed by atoms with E-state index in [2.05, 4.69) is 53.8 Å². The van der Waals surface area contributed by atoms with Crippen molar-refractivity contribution in [2.45, 2.75) is 31.4 Å². The molecule has 1 aliphatic carbocycles. The summed E-state index contributed by atoms with van der Waals surface area (Å²) in [6.07, 6.45) is 3.09. The summed E-state index contributed by atoms with van der Waals surface area (Å²) < 4.78 is 0. The summed E-state index contributed by atoms with van der Waals surface area (Å²) >= 11 is 0. The number of hydrogen-bond acceptors (Lipinski definition) is 2. The molecular weight excluding hydrogens is 258 g/mol. The summed E-state index contributed by atoms with van der Waals surface area (Å²) in [5.74, 6) is 0.389. The van der Waals surface area contributed by atoms with Crippen LogP contribution in [0.1, 0.15) is 36.4 Å². The van der Waals surface area contributed by atoms with Crippen LogP contribution in [-0.2, 0) is 0 Å². The van der Waals surface area contributed by atoms with Crippen LogP contribution in [0.15, 0.2) is 60.7 Å². The van der Waals surface area contributed by atoms with E-state index in [0.29, 0.717) is 5.92 Å². The van der Waals surface area contributed by atoms with Crippen LogP contribution in [0.3, 0.4) is 0 Å². The Morgan fingerprint density at radius 1 is 0.905 bits per heavy atom. The Morgan fingerprint density at radius 2 is 1.48 bits per heavy atom. The van der Waals surface area contributed by atoms with Gasteiger partial charge in [-0.1, -0.05) is 67.1 Å². The number of benzene rings is 2. The summed E-state index contributed by atoms with van der Waals surface area (Å²) in [6, 6.07) is 21.3. The second-order valence-electron chi connectivity index (χ2n) is 5.92. The van der Waals surface area contributed by atoms with Crippen LogP contribution in [0.5, 0.6) is 0 Å². The van der Waals surface area contributed by atoms with Gasteiger partial charge in [0.15, 0.2) is 0 Å². The summed E-state index contributed by atoms with van der Waals surface area (Å²) in [5, 5.41) is 13.7. The minimum atomic E-state index is -0.135. The lowest BCUT2D eigenvalue weighted by Crippen LogP contribution is -2.31. The number of rotatable bonds is 5. The van der Waals surface area contributed by atoms with E-state index in [4.69, 9.17) is 0 Å². The van der Waals surface area contributed by atoms with E-state index in [0.717, 1.165) is 25.8 Å². The highest BCUT2D eigenvalue weighted by atomic mass is 16.3. The molecule has 0 radical (unpaired) electrons. The Hall–Kier alpha value is -1.64. The highest BCUT2D eigenvalue weighted by Gasteiger charge is 2.26. The van der Waals surface area contributed by atoms with E-state index in [1.807, 2.05) is 12.1 Å². The topological polar surface area (TPSA) is 32.3 Å². The third-order valence-electron chi connectivity index (χ3n) is 4.47. The Kier molecular flexibility index (Phi) is 4.69. The molecule has 110 valence electrons. The van der Waals surface area contributed by atoms with Crippen molar-refractivity contribution in [1.82, 2.24) is 5.32 Å². The molecule has 0 amide bonds. The number of hydrogen-bond donors (Lipinski definition) is 2. The predicted octanol–water partition coefficient (Wildman–Crippen LogP) is 3.53. The average molecular weight is 281 g/mol. The molecule has 0 bridgehead atoms. The third kappa shape index (κ3) is 3.52. The van der Waals surface area contributed by atoms with Crippen molar-refractivity contribution in [2.24, 2.45) is 5.92 Å². The molecule has 2 atom stereocenters. The Morgan fingerprint density at radius 3 is 1.95 bits per heavy atom. The summed E-state index contributed by atoms with van der Waals surface area (Å²) in [6.45, 7) is 0.871. The molecule has 21 heavy (non-hydrogen) atoms. The molecule has 2 heteroatoms. The van der Waals surface area contributed by atoms with Gasteiger partial charge >= 0.3 is 0 Å². The minimum Gasteiger partial charge on any atom is -0.393 e. The Labute approximate surface area is 126 Å². The van der Waals surface area contributed by atoms with E-state index in [9.17, 15) is 5.11 Å². The van der Waals surface area contributed by atoms with Crippen molar-refractivity contribution in [2.75, 3.05) is 6.54 Å². The number of aliphatic hydroxyl groups is 1. The monoisotopic (exact) mass is 281 g/mol. The molecule has 2 nitrogen and oxygen atoms in total. The van der Waals surface area contributed by atoms with Crippen LogP contribution in [0.2, 0.25) is 0 Å². The molecule has 0 heterocycles. The van der Waals surface area contributed by atoms with Gasteiger partial charge in [-0.15, -0.1) is 0 Å². The first-order chi connectivity index (χ1) is 10.3. The number of aliphatic hydroxyl groups excluding tert-OH is 1. The van der Waals surface area contributed by atoms with Gasteiger partial charge in [0.2, 0.25) is 0 Å². The first-order valence-corrected chi connectivity index (χ1v) is 7.86. The normalized spacial score (nSPS) is 21.8. The fraction of sp³-hybridized carbons (Fsp3) is 0.368. The van der Waals surface area contributed by atoms with Crippen LogP contribution in [-0.4, -0.2) is 17.8 Å². The molecular formula is C19H23NO. The molecule has 2 unspecified atom stereocenters. The van der Waals surface area contributed by atoms with Gasteiger partial charge in [0.1, 0.15) is 0 Å². The minimum absolute atomic E-state index is 0.135. The maximum atomic E-state index is 10.0. The highest BCUT2D eigenvalue weighted by molar-refractivity contribution is 5.31. The van der Waals surface area contributed by atoms with Gasteiger partial charge in [-0.05, 0) is 29.9 Å². The third-order valence-corrected chi connectivity index (χ3v) is 4.47. The maximum Gasteiger partial charge on any atom is 0.0580 e. The fourth-order valence-electron chi connectivity index (χ4n) is 3.24. The molecule has 0 aromatic heterocycles. The van der Waals surface area contributed by atoms with Crippen LogP contribution in [0.25, 0.3) is 0 Å². The smallest absolute Gasteiger partial charge is 0.0580 e. The zero-order chi connectivity index (χ0) is 14.5. The van der Waals surface area contributed by atoms with Crippen molar-refractivity contribution in [3.63, 3.8) is 0 Å². The van der Waals surface area contributed by atoms with Gasteiger partial charge in [-0.2, -0.15) is 0 Å². The molecule has 1 aliphatic rings. The van der Waals surface area contributed by atoms with Gasteiger partial charge in [0.05, 0.1) is 12.1 Å². The van der Waals surface area contributed by atoms with Gasteiger partial charge in [-0.25, -0.2) is 0 Å². The van der Waals surface area contributed by atoms with Gasteiger partial charge in [0.25, 0.3) is 0 Å². The molecule has 1 saturated carbocycles. The summed E-state index contributed by atoms with van der Waals surface area (Å²) in [7, 11) is 0. The van der Waals surface area contributed by atoms with Crippen molar-refractivity contribution >= 4 is 0 Å². The first-order valence-electron chi connectivity index (χ1n) is 7.86. The standard InChI is InChI=1S/C19H23NO/c21-18-13-7-12-17(18)14-20-19(15-8-3-1-4-9-15)16-10-5-2-6-11-16/h1-6,8-11,17-21H,7,12-14H2. The van der Waals surface area contributed by atoms with Gasteiger partial charge in [-0.3, -0.25) is 0 Å². The van der Waals surface area contributed by atoms with Crippen molar-refractivity contribution in [3.8, 4) is 0 Å². The van der Waals surface area contributed by atoms with E-state index in [1.165, 1.54) is 11.1 Å². The van der Waals surface area contributed by atoms with Gasteiger partial charge < -0.3 is 10.4 Å². The van der Waals surface area contributed by atoms with Crippen molar-refractivity contribution < 1.29 is 5.11 Å². The lowest BCUT2D eigenvalue weighted by molar-refractivity contribution is 0.130. The zero-order valence-electron chi connectivity index (χ0n) is 12.3. The summed E-state index contributed by atoms with van der Waals surface area (Å²) in [5.41, 5.74) is 2.55. The van der Waals surface area contributed by atoms with E-state index in [1.54, 1.807) is 0 Å². The molecule has 2 aromatic carbocycles. The second-order valence-corrected chi connectivity index (χ2v) is 5.92. The molecule has 1 fully saturated rings. The molecule has 2 N–H and O–H groups in total. The lowest BCUT2D eigenvalue weighted by atomic mass is 9.97. The Bertz CT molecular complexity index is 501. The first kappa shape index (κ1) is 14.3. The van der Waals surface area contributed by atoms with Crippen molar-refractivity contribution in [1.29, 1.82) is 0 Å². The van der Waals surface area contributed by atoms with Crippen molar-refractivity contribution in [3.05, 3.63) is 71.8 Å². The molecule has 0 spiro atoms. The van der Waals surface area contributed by atoms with Crippen LogP contribution < -0.4 is 5.32 Å². The van der Waals surface area contributed by atoms with Crippen LogP contribution in [0.4, 0.5) is 0 Å². The molecule has 0 aliphatic heterocycles. The van der Waals surface area contributed by atoms with Crippen LogP contribution in [0, 0.1) is 5.92 Å². The van der Waals surface area contributed by atoms with E-state index < -0.39 is 0 Å². The number of nitrogens with one attached hydrogen (secondary N) is 1. The highest BCUT2D eigenvalue weighted by Crippen LogP contribution is 2.27. The average Bonchev–Trinajstić information content (AvgIpc) is 2.95. The second kappa shape index (κ2) is 6.88. The molecule has 3 rings (SSSR count). The molecule has 0 saturated heterocycles. The SMILES string of the molecule is OC1CCCC1CNC(c1ccccc1)c1ccccc1. The van der Waals surface area contributed by atoms with Gasteiger partial charge in [0, 0.05) is 6.54 Å². The van der Waals surface area contributed by atoms with Crippen LogP contribution >= 0.6 is 0 Å².